The number of hydrogen-bond acceptors (Lipinski definition) is 3. The minimum atomic E-state index is -0.434. The van der Waals surface area contributed by atoms with Gasteiger partial charge in [0.15, 0.2) is 0 Å². The van der Waals surface area contributed by atoms with Crippen molar-refractivity contribution >= 4 is 46.4 Å². The van der Waals surface area contributed by atoms with Gasteiger partial charge in [0.1, 0.15) is 0 Å². The summed E-state index contributed by atoms with van der Waals surface area (Å²) in [6, 6.07) is 11.0. The second kappa shape index (κ2) is 8.11. The van der Waals surface area contributed by atoms with Gasteiger partial charge in [-0.25, -0.2) is 0 Å². The summed E-state index contributed by atoms with van der Waals surface area (Å²) in [6.45, 7) is 5.00. The molecule has 0 bridgehead atoms. The summed E-state index contributed by atoms with van der Waals surface area (Å²) in [5.41, 5.74) is 4.23. The average Bonchev–Trinajstić information content (AvgIpc) is 3.30. The van der Waals surface area contributed by atoms with Crippen LogP contribution in [0, 0.1) is 19.8 Å². The van der Waals surface area contributed by atoms with E-state index in [1.807, 2.05) is 32.0 Å². The molecule has 0 radical (unpaired) electrons. The number of halogens is 1. The Kier molecular flexibility index (Phi) is 5.52. The second-order valence-corrected chi connectivity index (χ2v) is 8.34. The number of nitrogens with one attached hydrogen (secondary N) is 1. The molecule has 2 aromatic carbocycles. The van der Waals surface area contributed by atoms with E-state index in [9.17, 15) is 14.4 Å². The first-order chi connectivity index (χ1) is 14.3. The zero-order valence-electron chi connectivity index (χ0n) is 17.1. The van der Waals surface area contributed by atoms with E-state index in [0.29, 0.717) is 35.9 Å². The van der Waals surface area contributed by atoms with Gasteiger partial charge in [0.2, 0.25) is 17.7 Å². The van der Waals surface area contributed by atoms with Crippen LogP contribution >= 0.6 is 11.6 Å². The third-order valence-corrected chi connectivity index (χ3v) is 6.24. The minimum absolute atomic E-state index is 0.0511. The van der Waals surface area contributed by atoms with Gasteiger partial charge in [0, 0.05) is 37.3 Å². The number of hydrogen-bond donors (Lipinski definition) is 1. The fourth-order valence-corrected chi connectivity index (χ4v) is 4.38. The SMILES string of the molecule is Cc1cccc(N2C[C@@H](C(=O)Nc3ccc(N4CCCC4=O)c(Cl)c3)CC2=O)c1C. The molecule has 3 amide bonds. The number of aryl methyl sites for hydroxylation is 1. The van der Waals surface area contributed by atoms with E-state index in [2.05, 4.69) is 5.32 Å². The molecule has 2 heterocycles. The summed E-state index contributed by atoms with van der Waals surface area (Å²) in [6.07, 6.45) is 1.52. The van der Waals surface area contributed by atoms with Gasteiger partial charge in [-0.05, 0) is 55.7 Å². The molecule has 1 atom stereocenters. The van der Waals surface area contributed by atoms with E-state index in [4.69, 9.17) is 11.6 Å². The number of carbonyl (C=O) groups is 3. The first-order valence-electron chi connectivity index (χ1n) is 10.1. The van der Waals surface area contributed by atoms with Gasteiger partial charge >= 0.3 is 0 Å². The molecule has 6 nitrogen and oxygen atoms in total. The first kappa shape index (κ1) is 20.4. The lowest BCUT2D eigenvalue weighted by Crippen LogP contribution is -2.28. The van der Waals surface area contributed by atoms with Gasteiger partial charge in [-0.15, -0.1) is 0 Å². The van der Waals surface area contributed by atoms with Crippen molar-refractivity contribution in [1.82, 2.24) is 0 Å². The van der Waals surface area contributed by atoms with Crippen molar-refractivity contribution in [1.29, 1.82) is 0 Å². The molecular formula is C23H24ClN3O3. The van der Waals surface area contributed by atoms with Gasteiger partial charge < -0.3 is 15.1 Å². The van der Waals surface area contributed by atoms with Crippen molar-refractivity contribution in [3.63, 3.8) is 0 Å². The lowest BCUT2D eigenvalue weighted by molar-refractivity contribution is -0.122. The Labute approximate surface area is 180 Å². The minimum Gasteiger partial charge on any atom is -0.326 e. The van der Waals surface area contributed by atoms with Crippen molar-refractivity contribution < 1.29 is 14.4 Å². The highest BCUT2D eigenvalue weighted by Gasteiger charge is 2.36. The Morgan fingerprint density at radius 1 is 1.07 bits per heavy atom. The molecule has 0 aliphatic carbocycles. The van der Waals surface area contributed by atoms with Crippen LogP contribution in [0.15, 0.2) is 36.4 Å². The van der Waals surface area contributed by atoms with E-state index >= 15 is 0 Å². The molecule has 1 N–H and O–H groups in total. The first-order valence-corrected chi connectivity index (χ1v) is 10.5. The standard InChI is InChI=1S/C23H24ClN3O3/c1-14-5-3-6-19(15(14)2)27-13-16(11-22(27)29)23(30)25-17-8-9-20(18(24)12-17)26-10-4-7-21(26)28/h3,5-6,8-9,12,16H,4,7,10-11,13H2,1-2H3,(H,25,30)/t16-/m0/s1. The van der Waals surface area contributed by atoms with E-state index in [1.165, 1.54) is 0 Å². The van der Waals surface area contributed by atoms with Crippen LogP contribution in [0.1, 0.15) is 30.4 Å². The largest absolute Gasteiger partial charge is 0.326 e. The summed E-state index contributed by atoms with van der Waals surface area (Å²) in [7, 11) is 0. The Morgan fingerprint density at radius 3 is 2.57 bits per heavy atom. The molecule has 7 heteroatoms. The molecule has 2 fully saturated rings. The summed E-state index contributed by atoms with van der Waals surface area (Å²) in [5, 5.41) is 3.29. The molecule has 2 aliphatic rings. The van der Waals surface area contributed by atoms with Crippen LogP contribution in [-0.4, -0.2) is 30.8 Å². The zero-order valence-corrected chi connectivity index (χ0v) is 17.8. The van der Waals surface area contributed by atoms with E-state index in [0.717, 1.165) is 23.2 Å². The maximum absolute atomic E-state index is 12.8. The van der Waals surface area contributed by atoms with Crippen molar-refractivity contribution in [3.8, 4) is 0 Å². The van der Waals surface area contributed by atoms with Gasteiger partial charge in [-0.3, -0.25) is 14.4 Å². The van der Waals surface area contributed by atoms with Gasteiger partial charge in [0.05, 0.1) is 16.6 Å². The Hall–Kier alpha value is -2.86. The predicted octanol–water partition coefficient (Wildman–Crippen LogP) is 4.08. The fraction of sp³-hybridized carbons (Fsp3) is 0.348. The number of carbonyl (C=O) groups excluding carboxylic acids is 3. The van der Waals surface area contributed by atoms with Gasteiger partial charge in [-0.1, -0.05) is 23.7 Å². The molecule has 4 rings (SSSR count). The van der Waals surface area contributed by atoms with E-state index < -0.39 is 5.92 Å². The fourth-order valence-electron chi connectivity index (χ4n) is 4.09. The van der Waals surface area contributed by atoms with Crippen LogP contribution in [-0.2, 0) is 14.4 Å². The molecule has 2 saturated heterocycles. The maximum atomic E-state index is 12.8. The summed E-state index contributed by atoms with van der Waals surface area (Å²) in [5.74, 6) is -0.636. The highest BCUT2D eigenvalue weighted by Crippen LogP contribution is 2.33. The molecule has 0 saturated carbocycles. The second-order valence-electron chi connectivity index (χ2n) is 7.93. The summed E-state index contributed by atoms with van der Waals surface area (Å²) >= 11 is 6.37. The number of benzene rings is 2. The average molecular weight is 426 g/mol. The van der Waals surface area contributed by atoms with Gasteiger partial charge in [-0.2, -0.15) is 0 Å². The Bertz CT molecular complexity index is 1040. The number of rotatable bonds is 4. The van der Waals surface area contributed by atoms with Crippen molar-refractivity contribution in [2.24, 2.45) is 5.92 Å². The third kappa shape index (κ3) is 3.79. The van der Waals surface area contributed by atoms with Crippen LogP contribution in [0.2, 0.25) is 5.02 Å². The number of amides is 3. The normalized spacial score (nSPS) is 19.0. The Morgan fingerprint density at radius 2 is 1.87 bits per heavy atom. The van der Waals surface area contributed by atoms with Crippen LogP contribution in [0.4, 0.5) is 17.1 Å². The number of nitrogens with zero attached hydrogens (tertiary/aromatic N) is 2. The molecule has 0 unspecified atom stereocenters. The third-order valence-electron chi connectivity index (χ3n) is 5.94. The molecule has 30 heavy (non-hydrogen) atoms. The van der Waals surface area contributed by atoms with E-state index in [-0.39, 0.29) is 24.1 Å². The summed E-state index contributed by atoms with van der Waals surface area (Å²) in [4.78, 5) is 40.7. The van der Waals surface area contributed by atoms with Crippen molar-refractivity contribution in [2.75, 3.05) is 28.2 Å². The maximum Gasteiger partial charge on any atom is 0.229 e. The molecular weight excluding hydrogens is 402 g/mol. The van der Waals surface area contributed by atoms with Crippen molar-refractivity contribution in [2.45, 2.75) is 33.1 Å². The van der Waals surface area contributed by atoms with E-state index in [1.54, 1.807) is 28.0 Å². The van der Waals surface area contributed by atoms with Crippen molar-refractivity contribution in [3.05, 3.63) is 52.5 Å². The highest BCUT2D eigenvalue weighted by atomic mass is 35.5. The lowest BCUT2D eigenvalue weighted by Gasteiger charge is -2.20. The molecule has 2 aliphatic heterocycles. The quantitative estimate of drug-likeness (QED) is 0.802. The van der Waals surface area contributed by atoms with Crippen LogP contribution in [0.5, 0.6) is 0 Å². The van der Waals surface area contributed by atoms with Crippen LogP contribution in [0.25, 0.3) is 0 Å². The van der Waals surface area contributed by atoms with Crippen LogP contribution < -0.4 is 15.1 Å². The molecule has 2 aromatic rings. The molecule has 0 spiro atoms. The van der Waals surface area contributed by atoms with Crippen LogP contribution in [0.3, 0.4) is 0 Å². The topological polar surface area (TPSA) is 69.7 Å². The predicted molar refractivity (Wildman–Crippen MR) is 118 cm³/mol. The zero-order chi connectivity index (χ0) is 21.4. The smallest absolute Gasteiger partial charge is 0.229 e. The summed E-state index contributed by atoms with van der Waals surface area (Å²) < 4.78 is 0. The molecule has 156 valence electrons. The van der Waals surface area contributed by atoms with Gasteiger partial charge in [0.25, 0.3) is 0 Å². The monoisotopic (exact) mass is 425 g/mol. The number of anilines is 3. The molecule has 0 aromatic heterocycles. The lowest BCUT2D eigenvalue weighted by atomic mass is 10.1. The Balaban J connectivity index is 1.45. The highest BCUT2D eigenvalue weighted by molar-refractivity contribution is 6.34.